The van der Waals surface area contributed by atoms with E-state index in [4.69, 9.17) is 0 Å². The van der Waals surface area contributed by atoms with Crippen molar-refractivity contribution in [2.75, 3.05) is 5.32 Å². The maximum Gasteiger partial charge on any atom is 0.258 e. The predicted octanol–water partition coefficient (Wildman–Crippen LogP) is 4.61. The molecule has 0 fully saturated rings. The summed E-state index contributed by atoms with van der Waals surface area (Å²) in [5, 5.41) is 5.69. The molecule has 0 unspecified atom stereocenters. The number of carbonyl (C=O) groups excluding carboxylic acids is 2. The molecule has 1 N–H and O–H groups in total. The Morgan fingerprint density at radius 1 is 1.04 bits per heavy atom. The van der Waals surface area contributed by atoms with Gasteiger partial charge >= 0.3 is 0 Å². The Kier molecular flexibility index (Phi) is 4.36. The minimum absolute atomic E-state index is 0.0269. The molecule has 0 saturated carbocycles. The third kappa shape index (κ3) is 3.03. The second-order valence-electron chi connectivity index (χ2n) is 5.68. The summed E-state index contributed by atoms with van der Waals surface area (Å²) in [6.07, 6.45) is 0. The number of rotatable bonds is 4. The number of ketones is 1. The highest BCUT2D eigenvalue weighted by Gasteiger charge is 2.17. The van der Waals surface area contributed by atoms with Crippen LogP contribution in [0.3, 0.4) is 0 Å². The lowest BCUT2D eigenvalue weighted by Crippen LogP contribution is -2.14. The van der Waals surface area contributed by atoms with Crippen LogP contribution in [-0.2, 0) is 0 Å². The second kappa shape index (κ2) is 6.45. The number of Topliss-reactive ketones (excluding diaryl/α,β-unsaturated/α-hetero) is 1. The van der Waals surface area contributed by atoms with Crippen molar-refractivity contribution in [1.82, 2.24) is 4.57 Å². The van der Waals surface area contributed by atoms with Gasteiger partial charge in [0.1, 0.15) is 5.00 Å². The van der Waals surface area contributed by atoms with Crippen molar-refractivity contribution in [3.63, 3.8) is 0 Å². The molecule has 0 bridgehead atoms. The number of amides is 1. The minimum atomic E-state index is -0.181. The topological polar surface area (TPSA) is 51.1 Å². The molecule has 122 valence electrons. The number of nitrogens with one attached hydrogen (secondary N) is 1. The van der Waals surface area contributed by atoms with Crippen molar-refractivity contribution in [2.24, 2.45) is 0 Å². The largest absolute Gasteiger partial charge is 0.322 e. The van der Waals surface area contributed by atoms with Crippen molar-refractivity contribution in [2.45, 2.75) is 20.8 Å². The van der Waals surface area contributed by atoms with Crippen LogP contribution >= 0.6 is 11.3 Å². The summed E-state index contributed by atoms with van der Waals surface area (Å²) in [6, 6.07) is 12.9. The first-order valence-corrected chi connectivity index (χ1v) is 8.50. The van der Waals surface area contributed by atoms with E-state index in [9.17, 15) is 9.59 Å². The maximum atomic E-state index is 12.7. The summed E-state index contributed by atoms with van der Waals surface area (Å²) in [4.78, 5) is 24.2. The SMILES string of the molecule is CC(=O)c1cccc(NC(=O)c2ccsc2-n2c(C)ccc2C)c1. The van der Waals surface area contributed by atoms with Crippen molar-refractivity contribution in [3.05, 3.63) is 70.4 Å². The van der Waals surface area contributed by atoms with Gasteiger partial charge in [-0.2, -0.15) is 0 Å². The molecule has 24 heavy (non-hydrogen) atoms. The highest BCUT2D eigenvalue weighted by Crippen LogP contribution is 2.26. The van der Waals surface area contributed by atoms with Crippen LogP contribution in [0.2, 0.25) is 0 Å². The van der Waals surface area contributed by atoms with Crippen LogP contribution in [0, 0.1) is 13.8 Å². The molecule has 0 aliphatic heterocycles. The van der Waals surface area contributed by atoms with Crippen molar-refractivity contribution in [1.29, 1.82) is 0 Å². The Morgan fingerprint density at radius 3 is 2.42 bits per heavy atom. The van der Waals surface area contributed by atoms with Gasteiger partial charge in [0, 0.05) is 22.6 Å². The van der Waals surface area contributed by atoms with Gasteiger partial charge in [0.25, 0.3) is 5.91 Å². The number of aromatic nitrogens is 1. The van der Waals surface area contributed by atoms with E-state index in [2.05, 4.69) is 9.88 Å². The molecule has 3 rings (SSSR count). The summed E-state index contributed by atoms with van der Waals surface area (Å²) < 4.78 is 2.07. The van der Waals surface area contributed by atoms with E-state index in [0.717, 1.165) is 16.4 Å². The summed E-state index contributed by atoms with van der Waals surface area (Å²) in [5.41, 5.74) is 3.99. The summed E-state index contributed by atoms with van der Waals surface area (Å²) in [7, 11) is 0. The van der Waals surface area contributed by atoms with Crippen LogP contribution in [0.25, 0.3) is 5.00 Å². The van der Waals surface area contributed by atoms with Gasteiger partial charge in [-0.05, 0) is 56.5 Å². The highest BCUT2D eigenvalue weighted by molar-refractivity contribution is 7.13. The number of carbonyl (C=O) groups is 2. The van der Waals surface area contributed by atoms with Crippen molar-refractivity contribution in [3.8, 4) is 5.00 Å². The van der Waals surface area contributed by atoms with Gasteiger partial charge in [-0.3, -0.25) is 9.59 Å². The van der Waals surface area contributed by atoms with Crippen LogP contribution in [0.15, 0.2) is 47.8 Å². The van der Waals surface area contributed by atoms with E-state index in [1.807, 2.05) is 37.4 Å². The molecule has 1 aromatic carbocycles. The molecule has 0 aliphatic rings. The molecule has 0 saturated heterocycles. The van der Waals surface area contributed by atoms with Crippen LogP contribution in [0.5, 0.6) is 0 Å². The van der Waals surface area contributed by atoms with E-state index in [1.54, 1.807) is 24.3 Å². The van der Waals surface area contributed by atoms with E-state index >= 15 is 0 Å². The van der Waals surface area contributed by atoms with Gasteiger partial charge in [0.15, 0.2) is 5.78 Å². The molecule has 5 heteroatoms. The van der Waals surface area contributed by atoms with Crippen molar-refractivity contribution >= 4 is 28.7 Å². The Balaban J connectivity index is 1.91. The van der Waals surface area contributed by atoms with Gasteiger partial charge < -0.3 is 9.88 Å². The lowest BCUT2D eigenvalue weighted by atomic mass is 10.1. The third-order valence-corrected chi connectivity index (χ3v) is 4.79. The lowest BCUT2D eigenvalue weighted by molar-refractivity contribution is 0.101. The van der Waals surface area contributed by atoms with Crippen LogP contribution in [0.1, 0.15) is 39.0 Å². The fourth-order valence-corrected chi connectivity index (χ4v) is 3.66. The number of benzene rings is 1. The van der Waals surface area contributed by atoms with Crippen LogP contribution in [0.4, 0.5) is 5.69 Å². The quantitative estimate of drug-likeness (QED) is 0.706. The first-order chi connectivity index (χ1) is 11.5. The predicted molar refractivity (Wildman–Crippen MR) is 97.5 cm³/mol. The number of hydrogen-bond acceptors (Lipinski definition) is 3. The fraction of sp³-hybridized carbons (Fsp3) is 0.158. The molecule has 0 radical (unpaired) electrons. The number of aryl methyl sites for hydroxylation is 2. The fourth-order valence-electron chi connectivity index (χ4n) is 2.65. The molecule has 0 spiro atoms. The Bertz CT molecular complexity index is 902. The van der Waals surface area contributed by atoms with Crippen LogP contribution in [-0.4, -0.2) is 16.3 Å². The minimum Gasteiger partial charge on any atom is -0.322 e. The summed E-state index contributed by atoms with van der Waals surface area (Å²) in [5.74, 6) is -0.208. The first kappa shape index (κ1) is 16.2. The van der Waals surface area contributed by atoms with Gasteiger partial charge in [-0.25, -0.2) is 0 Å². The van der Waals surface area contributed by atoms with Gasteiger partial charge in [0.2, 0.25) is 0 Å². The molecule has 2 aromatic heterocycles. The smallest absolute Gasteiger partial charge is 0.258 e. The Morgan fingerprint density at radius 2 is 1.75 bits per heavy atom. The number of thiophene rings is 1. The van der Waals surface area contributed by atoms with E-state index in [1.165, 1.54) is 18.3 Å². The highest BCUT2D eigenvalue weighted by atomic mass is 32.1. The van der Waals surface area contributed by atoms with E-state index in [0.29, 0.717) is 16.8 Å². The zero-order valence-electron chi connectivity index (χ0n) is 13.8. The summed E-state index contributed by atoms with van der Waals surface area (Å²) in [6.45, 7) is 5.55. The third-order valence-electron chi connectivity index (χ3n) is 3.89. The Hall–Kier alpha value is -2.66. The van der Waals surface area contributed by atoms with E-state index < -0.39 is 0 Å². The number of nitrogens with zero attached hydrogens (tertiary/aromatic N) is 1. The zero-order chi connectivity index (χ0) is 17.3. The lowest BCUT2D eigenvalue weighted by Gasteiger charge is -2.11. The molecule has 4 nitrogen and oxygen atoms in total. The molecular weight excluding hydrogens is 320 g/mol. The van der Waals surface area contributed by atoms with Gasteiger partial charge in [0.05, 0.1) is 5.56 Å². The Labute approximate surface area is 144 Å². The second-order valence-corrected chi connectivity index (χ2v) is 6.58. The monoisotopic (exact) mass is 338 g/mol. The molecular formula is C19H18N2O2S. The molecule has 2 heterocycles. The molecule has 0 atom stereocenters. The maximum absolute atomic E-state index is 12.7. The number of hydrogen-bond donors (Lipinski definition) is 1. The van der Waals surface area contributed by atoms with Crippen LogP contribution < -0.4 is 5.32 Å². The van der Waals surface area contributed by atoms with Gasteiger partial charge in [-0.15, -0.1) is 11.3 Å². The molecule has 3 aromatic rings. The molecule has 0 aliphatic carbocycles. The average Bonchev–Trinajstić information content (AvgIpc) is 3.14. The number of anilines is 1. The zero-order valence-corrected chi connectivity index (χ0v) is 14.6. The summed E-state index contributed by atoms with van der Waals surface area (Å²) >= 11 is 1.53. The van der Waals surface area contributed by atoms with E-state index in [-0.39, 0.29) is 11.7 Å². The normalized spacial score (nSPS) is 10.6. The first-order valence-electron chi connectivity index (χ1n) is 7.62. The van der Waals surface area contributed by atoms with Crippen molar-refractivity contribution < 1.29 is 9.59 Å². The average molecular weight is 338 g/mol. The standard InChI is InChI=1S/C19H18N2O2S/c1-12-7-8-13(2)21(12)19-17(9-10-24-19)18(23)20-16-6-4-5-15(11-16)14(3)22/h4-11H,1-3H3,(H,20,23). The van der Waals surface area contributed by atoms with Gasteiger partial charge in [-0.1, -0.05) is 12.1 Å². The molecule has 1 amide bonds.